The number of aromatic nitrogens is 2. The monoisotopic (exact) mass is 360 g/mol. The van der Waals surface area contributed by atoms with E-state index < -0.39 is 0 Å². The zero-order valence-electron chi connectivity index (χ0n) is 15.6. The van der Waals surface area contributed by atoms with Gasteiger partial charge in [-0.1, -0.05) is 60.7 Å². The van der Waals surface area contributed by atoms with E-state index in [0.717, 1.165) is 35.7 Å². The Morgan fingerprint density at radius 1 is 1.00 bits per heavy atom. The first-order valence-electron chi connectivity index (χ1n) is 9.34. The number of rotatable bonds is 5. The zero-order chi connectivity index (χ0) is 18.8. The first-order valence-corrected chi connectivity index (χ1v) is 9.34. The van der Waals surface area contributed by atoms with Crippen LogP contribution in [0.3, 0.4) is 0 Å². The number of amides is 1. The van der Waals surface area contributed by atoms with Crippen molar-refractivity contribution in [1.82, 2.24) is 15.1 Å². The summed E-state index contributed by atoms with van der Waals surface area (Å²) in [4.78, 5) is 15.0. The molecule has 138 valence electrons. The summed E-state index contributed by atoms with van der Waals surface area (Å²) in [5, 5.41) is 10.5. The van der Waals surface area contributed by atoms with Crippen LogP contribution >= 0.6 is 0 Å². The number of carbonyl (C=O) groups excluding carboxylic acids is 1. The van der Waals surface area contributed by atoms with Gasteiger partial charge in [0.05, 0.1) is 11.6 Å². The van der Waals surface area contributed by atoms with Crippen molar-refractivity contribution in [2.75, 3.05) is 5.32 Å². The number of H-pyrrole nitrogens is 1. The van der Waals surface area contributed by atoms with Gasteiger partial charge >= 0.3 is 0 Å². The maximum absolute atomic E-state index is 12.7. The van der Waals surface area contributed by atoms with Crippen LogP contribution in [-0.4, -0.2) is 21.0 Å². The molecule has 2 unspecified atom stereocenters. The molecule has 1 aliphatic rings. The smallest absolute Gasteiger partial charge is 0.232 e. The van der Waals surface area contributed by atoms with Crippen LogP contribution in [0.15, 0.2) is 60.7 Å². The lowest BCUT2D eigenvalue weighted by Crippen LogP contribution is -2.22. The molecular weight excluding hydrogens is 336 g/mol. The molecule has 0 aliphatic carbocycles. The molecule has 1 amide bonds. The predicted octanol–water partition coefficient (Wildman–Crippen LogP) is 4.23. The number of carbonyl (C=O) groups is 1. The van der Waals surface area contributed by atoms with Crippen LogP contribution in [0.1, 0.15) is 48.2 Å². The van der Waals surface area contributed by atoms with E-state index in [9.17, 15) is 4.79 Å². The van der Waals surface area contributed by atoms with Crippen LogP contribution in [0.25, 0.3) is 0 Å². The molecule has 4 rings (SSSR count). The van der Waals surface area contributed by atoms with E-state index in [1.54, 1.807) is 0 Å². The molecule has 1 aliphatic heterocycles. The van der Waals surface area contributed by atoms with Crippen LogP contribution in [0, 0.1) is 0 Å². The Balaban J connectivity index is 1.46. The highest BCUT2D eigenvalue weighted by Crippen LogP contribution is 2.33. The number of anilines is 1. The van der Waals surface area contributed by atoms with E-state index in [-0.39, 0.29) is 11.8 Å². The molecule has 0 bridgehead atoms. The summed E-state index contributed by atoms with van der Waals surface area (Å²) < 4.78 is 0. The maximum atomic E-state index is 12.7. The van der Waals surface area contributed by atoms with Gasteiger partial charge in [0.1, 0.15) is 5.82 Å². The lowest BCUT2D eigenvalue weighted by molar-refractivity contribution is -0.117. The van der Waals surface area contributed by atoms with Crippen LogP contribution in [0.2, 0.25) is 0 Å². The Bertz CT molecular complexity index is 920. The maximum Gasteiger partial charge on any atom is 0.232 e. The molecule has 1 aromatic heterocycles. The largest absolute Gasteiger partial charge is 0.310 e. The van der Waals surface area contributed by atoms with Gasteiger partial charge in [-0.3, -0.25) is 14.8 Å². The highest BCUT2D eigenvalue weighted by atomic mass is 16.1. The Morgan fingerprint density at radius 3 is 2.30 bits per heavy atom. The lowest BCUT2D eigenvalue weighted by Gasteiger charge is -2.24. The summed E-state index contributed by atoms with van der Waals surface area (Å²) in [6.07, 6.45) is 0. The topological polar surface area (TPSA) is 61.0 Å². The number of benzene rings is 2. The Hall–Kier alpha value is -2.92. The fraction of sp³-hybridized carbons (Fsp3) is 0.273. The average Bonchev–Trinajstić information content (AvgIpc) is 3.30. The zero-order valence-corrected chi connectivity index (χ0v) is 15.6. The third kappa shape index (κ3) is 3.51. The number of nitrogens with one attached hydrogen (secondary N) is 2. The fourth-order valence-corrected chi connectivity index (χ4v) is 3.60. The fourth-order valence-electron chi connectivity index (χ4n) is 3.60. The summed E-state index contributed by atoms with van der Waals surface area (Å²) in [5.41, 5.74) is 4.40. The van der Waals surface area contributed by atoms with Crippen molar-refractivity contribution >= 4 is 11.7 Å². The van der Waals surface area contributed by atoms with E-state index >= 15 is 0 Å². The summed E-state index contributed by atoms with van der Waals surface area (Å²) in [6, 6.07) is 20.6. The molecule has 0 spiro atoms. The molecule has 27 heavy (non-hydrogen) atoms. The van der Waals surface area contributed by atoms with E-state index in [0.29, 0.717) is 6.04 Å². The van der Waals surface area contributed by atoms with Crippen molar-refractivity contribution in [3.63, 3.8) is 0 Å². The molecule has 5 nitrogen and oxygen atoms in total. The second-order valence-electron chi connectivity index (χ2n) is 7.14. The van der Waals surface area contributed by atoms with Gasteiger partial charge in [-0.15, -0.1) is 0 Å². The molecular formula is C22H24N4O. The minimum atomic E-state index is -0.217. The first kappa shape index (κ1) is 17.5. The van der Waals surface area contributed by atoms with Crippen molar-refractivity contribution < 1.29 is 4.79 Å². The standard InChI is InChI=1S/C22H24N4O/c1-15(17-9-5-3-6-10-17)22(27)23-21-19-13-26(14-20(19)24-25-21)16(2)18-11-7-4-8-12-18/h3-12,15-16H,13-14H2,1-2H3,(H2,23,24,25,27). The summed E-state index contributed by atoms with van der Waals surface area (Å²) >= 11 is 0. The van der Waals surface area contributed by atoms with Crippen LogP contribution in [-0.2, 0) is 17.9 Å². The van der Waals surface area contributed by atoms with Gasteiger partial charge in [-0.2, -0.15) is 5.10 Å². The molecule has 0 fully saturated rings. The number of hydrogen-bond acceptors (Lipinski definition) is 3. The van der Waals surface area contributed by atoms with Gasteiger partial charge in [0.2, 0.25) is 5.91 Å². The number of nitrogens with zero attached hydrogens (tertiary/aromatic N) is 2. The van der Waals surface area contributed by atoms with Crippen molar-refractivity contribution in [2.45, 2.75) is 38.9 Å². The van der Waals surface area contributed by atoms with Gasteiger partial charge in [0.15, 0.2) is 0 Å². The van der Waals surface area contributed by atoms with Gasteiger partial charge < -0.3 is 5.32 Å². The normalized spacial score (nSPS) is 15.9. The van der Waals surface area contributed by atoms with Gasteiger partial charge in [0.25, 0.3) is 0 Å². The molecule has 2 N–H and O–H groups in total. The molecule has 2 aromatic carbocycles. The molecule has 0 saturated heterocycles. The van der Waals surface area contributed by atoms with Gasteiger partial charge in [0, 0.05) is 24.7 Å². The summed E-state index contributed by atoms with van der Waals surface area (Å²) in [5.74, 6) is 0.480. The number of fused-ring (bicyclic) bond motifs is 1. The second-order valence-corrected chi connectivity index (χ2v) is 7.14. The Kier molecular flexibility index (Phi) is 4.77. The first-order chi connectivity index (χ1) is 13.1. The van der Waals surface area contributed by atoms with Crippen LogP contribution < -0.4 is 5.32 Å². The number of aromatic amines is 1. The average molecular weight is 360 g/mol. The quantitative estimate of drug-likeness (QED) is 0.716. The molecule has 5 heteroatoms. The molecule has 0 radical (unpaired) electrons. The third-order valence-corrected chi connectivity index (χ3v) is 5.44. The van der Waals surface area contributed by atoms with Crippen molar-refractivity contribution in [3.8, 4) is 0 Å². The SMILES string of the molecule is CC(C(=O)Nc1[nH]nc2c1CN(C(C)c1ccccc1)C2)c1ccccc1. The highest BCUT2D eigenvalue weighted by Gasteiger charge is 2.29. The molecule has 3 aromatic rings. The van der Waals surface area contributed by atoms with Crippen molar-refractivity contribution in [1.29, 1.82) is 0 Å². The van der Waals surface area contributed by atoms with Crippen molar-refractivity contribution in [3.05, 3.63) is 83.0 Å². The summed E-state index contributed by atoms with van der Waals surface area (Å²) in [6.45, 7) is 5.69. The molecule has 2 atom stereocenters. The minimum Gasteiger partial charge on any atom is -0.310 e. The molecule has 0 saturated carbocycles. The van der Waals surface area contributed by atoms with E-state index in [1.165, 1.54) is 5.56 Å². The highest BCUT2D eigenvalue weighted by molar-refractivity contribution is 5.95. The second kappa shape index (κ2) is 7.37. The van der Waals surface area contributed by atoms with E-state index in [2.05, 4.69) is 51.6 Å². The van der Waals surface area contributed by atoms with Gasteiger partial charge in [-0.25, -0.2) is 0 Å². The Morgan fingerprint density at radius 2 is 1.63 bits per heavy atom. The minimum absolute atomic E-state index is 0.0257. The van der Waals surface area contributed by atoms with Gasteiger partial charge in [-0.05, 0) is 25.0 Å². The third-order valence-electron chi connectivity index (χ3n) is 5.44. The Labute approximate surface area is 159 Å². The summed E-state index contributed by atoms with van der Waals surface area (Å²) in [7, 11) is 0. The molecule has 2 heterocycles. The lowest BCUT2D eigenvalue weighted by atomic mass is 10.0. The van der Waals surface area contributed by atoms with E-state index in [4.69, 9.17) is 0 Å². The van der Waals surface area contributed by atoms with Crippen molar-refractivity contribution in [2.24, 2.45) is 0 Å². The van der Waals surface area contributed by atoms with E-state index in [1.807, 2.05) is 43.3 Å². The predicted molar refractivity (Wildman–Crippen MR) is 106 cm³/mol. The van der Waals surface area contributed by atoms with Crippen LogP contribution in [0.4, 0.5) is 5.82 Å². The number of hydrogen-bond donors (Lipinski definition) is 2. The van der Waals surface area contributed by atoms with Crippen LogP contribution in [0.5, 0.6) is 0 Å².